The van der Waals surface area contributed by atoms with Crippen molar-refractivity contribution in [3.63, 3.8) is 0 Å². The lowest BCUT2D eigenvalue weighted by molar-refractivity contribution is 0.0734. The fourth-order valence-corrected chi connectivity index (χ4v) is 4.32. The van der Waals surface area contributed by atoms with Gasteiger partial charge in [-0.2, -0.15) is 0 Å². The molecule has 0 aliphatic heterocycles. The second kappa shape index (κ2) is 9.41. The van der Waals surface area contributed by atoms with E-state index < -0.39 is 0 Å². The van der Waals surface area contributed by atoms with Crippen LogP contribution in [0.2, 0.25) is 0 Å². The van der Waals surface area contributed by atoms with Crippen molar-refractivity contribution in [2.75, 3.05) is 0 Å². The van der Waals surface area contributed by atoms with Gasteiger partial charge in [0.05, 0.1) is 5.56 Å². The van der Waals surface area contributed by atoms with Crippen molar-refractivity contribution < 1.29 is 14.6 Å². The molecule has 0 saturated carbocycles. The molecule has 0 saturated heterocycles. The molecule has 0 aliphatic rings. The van der Waals surface area contributed by atoms with Crippen LogP contribution in [-0.2, 0) is 16.6 Å². The third kappa shape index (κ3) is 5.95. The molecule has 3 rings (SSSR count). The lowest BCUT2D eigenvalue weighted by atomic mass is 9.79. The zero-order chi connectivity index (χ0) is 23.5. The summed E-state index contributed by atoms with van der Waals surface area (Å²) in [5.74, 6) is 1.35. The number of phenolic OH excluding ortho intramolecular Hbond substituents is 1. The highest BCUT2D eigenvalue weighted by Crippen LogP contribution is 2.42. The number of benzene rings is 3. The number of hydrogen-bond donors (Lipinski definition) is 1. The first-order chi connectivity index (χ1) is 14.9. The number of esters is 1. The Morgan fingerprint density at radius 3 is 1.88 bits per heavy atom. The molecule has 168 valence electrons. The first kappa shape index (κ1) is 23.9. The van der Waals surface area contributed by atoms with E-state index in [-0.39, 0.29) is 16.8 Å². The first-order valence-electron chi connectivity index (χ1n) is 10.8. The monoisotopic (exact) mass is 448 g/mol. The minimum atomic E-state index is -0.360. The fourth-order valence-electron chi connectivity index (χ4n) is 3.40. The van der Waals surface area contributed by atoms with Crippen LogP contribution in [0, 0.1) is 0 Å². The second-order valence-electron chi connectivity index (χ2n) is 10.1. The molecule has 0 bridgehead atoms. The molecular formula is C28H32O3S. The van der Waals surface area contributed by atoms with E-state index in [9.17, 15) is 9.90 Å². The van der Waals surface area contributed by atoms with Crippen LogP contribution in [0.4, 0.5) is 0 Å². The van der Waals surface area contributed by atoms with Crippen LogP contribution in [0.3, 0.4) is 0 Å². The van der Waals surface area contributed by atoms with Crippen LogP contribution >= 0.6 is 11.8 Å². The van der Waals surface area contributed by atoms with Gasteiger partial charge in [0.15, 0.2) is 0 Å². The average Bonchev–Trinajstić information content (AvgIpc) is 2.73. The largest absolute Gasteiger partial charge is 0.507 e. The summed E-state index contributed by atoms with van der Waals surface area (Å²) in [6, 6.07) is 20.8. The van der Waals surface area contributed by atoms with Crippen molar-refractivity contribution in [2.45, 2.75) is 63.0 Å². The van der Waals surface area contributed by atoms with E-state index in [2.05, 4.69) is 53.7 Å². The molecular weight excluding hydrogens is 416 g/mol. The van der Waals surface area contributed by atoms with E-state index in [4.69, 9.17) is 4.74 Å². The number of thioether (sulfide) groups is 1. The van der Waals surface area contributed by atoms with E-state index in [1.165, 1.54) is 0 Å². The van der Waals surface area contributed by atoms with E-state index in [1.54, 1.807) is 23.9 Å². The summed E-state index contributed by atoms with van der Waals surface area (Å²) in [6.07, 6.45) is 0. The minimum Gasteiger partial charge on any atom is -0.507 e. The summed E-state index contributed by atoms with van der Waals surface area (Å²) >= 11 is 1.74. The predicted octanol–water partition coefficient (Wildman–Crippen LogP) is 7.50. The molecule has 0 unspecified atom stereocenters. The van der Waals surface area contributed by atoms with Gasteiger partial charge in [-0.1, -0.05) is 71.9 Å². The van der Waals surface area contributed by atoms with Crippen LogP contribution in [0.15, 0.2) is 71.6 Å². The standard InChI is InChI=1S/C28H32O3S/c1-27(2,3)23-16-22(17-24(25(23)29)28(4,5)6)32-18-19-12-14-21(15-13-19)31-26(30)20-10-8-7-9-11-20/h7-17,29H,18H2,1-6H3. The van der Waals surface area contributed by atoms with Crippen LogP contribution in [-0.4, -0.2) is 11.1 Å². The zero-order valence-electron chi connectivity index (χ0n) is 19.7. The number of phenols is 1. The van der Waals surface area contributed by atoms with Gasteiger partial charge >= 0.3 is 5.97 Å². The molecule has 0 aromatic heterocycles. The van der Waals surface area contributed by atoms with Gasteiger partial charge in [-0.25, -0.2) is 4.79 Å². The van der Waals surface area contributed by atoms with Crippen molar-refractivity contribution in [2.24, 2.45) is 0 Å². The zero-order valence-corrected chi connectivity index (χ0v) is 20.5. The fraction of sp³-hybridized carbons (Fsp3) is 0.321. The maximum absolute atomic E-state index is 12.2. The van der Waals surface area contributed by atoms with Crippen LogP contribution in [0.25, 0.3) is 0 Å². The Morgan fingerprint density at radius 1 is 0.844 bits per heavy atom. The van der Waals surface area contributed by atoms with Crippen LogP contribution in [0.5, 0.6) is 11.5 Å². The third-order valence-electron chi connectivity index (χ3n) is 5.25. The van der Waals surface area contributed by atoms with Crippen molar-refractivity contribution in [1.82, 2.24) is 0 Å². The van der Waals surface area contributed by atoms with E-state index in [0.29, 0.717) is 17.1 Å². The number of carbonyl (C=O) groups excluding carboxylic acids is 1. The van der Waals surface area contributed by atoms with Gasteiger partial charge in [-0.05, 0) is 52.8 Å². The predicted molar refractivity (Wildman–Crippen MR) is 133 cm³/mol. The van der Waals surface area contributed by atoms with E-state index >= 15 is 0 Å². The topological polar surface area (TPSA) is 46.5 Å². The lowest BCUT2D eigenvalue weighted by Gasteiger charge is -2.28. The van der Waals surface area contributed by atoms with E-state index in [1.807, 2.05) is 42.5 Å². The highest BCUT2D eigenvalue weighted by molar-refractivity contribution is 7.98. The molecule has 3 aromatic rings. The molecule has 3 nitrogen and oxygen atoms in total. The Labute approximate surface area is 195 Å². The second-order valence-corrected chi connectivity index (χ2v) is 11.1. The lowest BCUT2D eigenvalue weighted by Crippen LogP contribution is -2.17. The number of aromatic hydroxyl groups is 1. The molecule has 0 radical (unpaired) electrons. The third-order valence-corrected chi connectivity index (χ3v) is 6.30. The highest BCUT2D eigenvalue weighted by atomic mass is 32.2. The van der Waals surface area contributed by atoms with Gasteiger partial charge in [-0.3, -0.25) is 0 Å². The Morgan fingerprint density at radius 2 is 1.38 bits per heavy atom. The normalized spacial score (nSPS) is 11.9. The quantitative estimate of drug-likeness (QED) is 0.249. The van der Waals surface area contributed by atoms with Gasteiger partial charge < -0.3 is 9.84 Å². The summed E-state index contributed by atoms with van der Waals surface area (Å²) < 4.78 is 5.46. The van der Waals surface area contributed by atoms with Gasteiger partial charge in [0.1, 0.15) is 11.5 Å². The van der Waals surface area contributed by atoms with Crippen LogP contribution in [0.1, 0.15) is 68.6 Å². The summed E-state index contributed by atoms with van der Waals surface area (Å²) in [7, 11) is 0. The summed E-state index contributed by atoms with van der Waals surface area (Å²) in [6.45, 7) is 12.7. The molecule has 1 N–H and O–H groups in total. The Hall–Kier alpha value is -2.72. The molecule has 0 fully saturated rings. The maximum atomic E-state index is 12.2. The molecule has 4 heteroatoms. The average molecular weight is 449 g/mol. The number of carbonyl (C=O) groups is 1. The molecule has 0 spiro atoms. The number of rotatable bonds is 5. The van der Waals surface area contributed by atoms with Crippen molar-refractivity contribution in [3.05, 3.63) is 89.0 Å². The smallest absolute Gasteiger partial charge is 0.343 e. The van der Waals surface area contributed by atoms with Gasteiger partial charge in [-0.15, -0.1) is 11.8 Å². The van der Waals surface area contributed by atoms with Crippen LogP contribution < -0.4 is 4.74 Å². The summed E-state index contributed by atoms with van der Waals surface area (Å²) in [5.41, 5.74) is 3.31. The SMILES string of the molecule is CC(C)(C)c1cc(SCc2ccc(OC(=O)c3ccccc3)cc2)cc(C(C)(C)C)c1O. The van der Waals surface area contributed by atoms with Crippen molar-refractivity contribution in [3.8, 4) is 11.5 Å². The minimum absolute atomic E-state index is 0.148. The maximum Gasteiger partial charge on any atom is 0.343 e. The summed E-state index contributed by atoms with van der Waals surface area (Å²) in [5, 5.41) is 10.9. The molecule has 0 aliphatic carbocycles. The number of ether oxygens (including phenoxy) is 1. The first-order valence-corrected chi connectivity index (χ1v) is 11.8. The van der Waals surface area contributed by atoms with Gasteiger partial charge in [0.25, 0.3) is 0 Å². The molecule has 0 amide bonds. The molecule has 3 aromatic carbocycles. The molecule has 0 heterocycles. The van der Waals surface area contributed by atoms with E-state index in [0.717, 1.165) is 27.3 Å². The highest BCUT2D eigenvalue weighted by Gasteiger charge is 2.26. The van der Waals surface area contributed by atoms with Gasteiger partial charge in [0.2, 0.25) is 0 Å². The van der Waals surface area contributed by atoms with Crippen molar-refractivity contribution in [1.29, 1.82) is 0 Å². The Kier molecular flexibility index (Phi) is 7.04. The summed E-state index contributed by atoms with van der Waals surface area (Å²) in [4.78, 5) is 13.4. The Bertz CT molecular complexity index is 1040. The Balaban J connectivity index is 1.73. The van der Waals surface area contributed by atoms with Gasteiger partial charge in [0, 0.05) is 21.8 Å². The molecule has 0 atom stereocenters. The van der Waals surface area contributed by atoms with Crippen molar-refractivity contribution >= 4 is 17.7 Å². The number of hydrogen-bond acceptors (Lipinski definition) is 4. The molecule has 32 heavy (non-hydrogen) atoms.